The summed E-state index contributed by atoms with van der Waals surface area (Å²) in [5.41, 5.74) is 0. The fraction of sp³-hybridized carbons (Fsp3) is 0.333. The van der Waals surface area contributed by atoms with Crippen LogP contribution in [0, 0.1) is 0 Å². The van der Waals surface area contributed by atoms with E-state index in [1.165, 1.54) is 12.1 Å². The zero-order valence-corrected chi connectivity index (χ0v) is 5.72. The van der Waals surface area contributed by atoms with Crippen LogP contribution in [0.4, 0.5) is 0 Å². The van der Waals surface area contributed by atoms with Gasteiger partial charge in [0.2, 0.25) is 0 Å². The van der Waals surface area contributed by atoms with Crippen LogP contribution in [-0.4, -0.2) is 9.52 Å². The van der Waals surface area contributed by atoms with Gasteiger partial charge in [-0.05, 0) is 12.1 Å². The third kappa shape index (κ3) is 5.70. The first-order valence-electron chi connectivity index (χ1n) is 2.45. The van der Waals surface area contributed by atoms with Crippen LogP contribution in [0.3, 0.4) is 0 Å². The second kappa shape index (κ2) is 5.70. The summed E-state index contributed by atoms with van der Waals surface area (Å²) in [6, 6.07) is 2.40. The molecule has 0 aromatic rings. The number of allylic oxidation sites excluding steroid dienone is 2. The van der Waals surface area contributed by atoms with E-state index in [9.17, 15) is 0 Å². The molecule has 0 rings (SSSR count). The van der Waals surface area contributed by atoms with Gasteiger partial charge in [0.05, 0.1) is 0 Å². The predicted octanol–water partition coefficient (Wildman–Crippen LogP) is 1.63. The molecule has 0 bridgehead atoms. The van der Waals surface area contributed by atoms with Gasteiger partial charge in [-0.3, -0.25) is 0 Å². The Morgan fingerprint density at radius 2 is 1.57 bits per heavy atom. The van der Waals surface area contributed by atoms with Crippen molar-refractivity contribution in [2.75, 3.05) is 0 Å². The van der Waals surface area contributed by atoms with Gasteiger partial charge in [-0.15, -0.1) is 13.2 Å². The number of hydrogen-bond acceptors (Lipinski definition) is 0. The van der Waals surface area contributed by atoms with E-state index in [-0.39, 0.29) is 0 Å². The molecule has 0 atom stereocenters. The largest absolute Gasteiger partial charge is 0.103 e. The van der Waals surface area contributed by atoms with Crippen LogP contribution >= 0.6 is 0 Å². The van der Waals surface area contributed by atoms with Crippen molar-refractivity contribution in [1.82, 2.24) is 0 Å². The molecule has 0 amide bonds. The highest BCUT2D eigenvalue weighted by Gasteiger charge is 1.76. The Labute approximate surface area is 47.8 Å². The van der Waals surface area contributed by atoms with Crippen molar-refractivity contribution in [1.29, 1.82) is 0 Å². The summed E-state index contributed by atoms with van der Waals surface area (Å²) in [6.07, 6.45) is 3.94. The lowest BCUT2D eigenvalue weighted by Gasteiger charge is -1.82. The Morgan fingerprint density at radius 1 is 1.14 bits per heavy atom. The summed E-state index contributed by atoms with van der Waals surface area (Å²) < 4.78 is 0. The summed E-state index contributed by atoms with van der Waals surface area (Å²) in [5.74, 6) is 0. The van der Waals surface area contributed by atoms with Crippen molar-refractivity contribution >= 4 is 9.52 Å². The van der Waals surface area contributed by atoms with Gasteiger partial charge in [-0.2, -0.15) is 0 Å². The predicted molar refractivity (Wildman–Crippen MR) is 37.2 cm³/mol. The zero-order chi connectivity index (χ0) is 5.54. The zero-order valence-electron chi connectivity index (χ0n) is 4.56. The molecule has 0 aliphatic rings. The van der Waals surface area contributed by atoms with Crippen LogP contribution in [0.1, 0.15) is 0 Å². The van der Waals surface area contributed by atoms with Crippen LogP contribution in [-0.2, 0) is 0 Å². The molecule has 7 heavy (non-hydrogen) atoms. The van der Waals surface area contributed by atoms with Gasteiger partial charge in [0, 0.05) is 9.52 Å². The quantitative estimate of drug-likeness (QED) is 0.294. The number of rotatable bonds is 4. The van der Waals surface area contributed by atoms with E-state index < -0.39 is 0 Å². The van der Waals surface area contributed by atoms with Gasteiger partial charge in [0.1, 0.15) is 0 Å². The summed E-state index contributed by atoms with van der Waals surface area (Å²) in [5, 5.41) is 0. The molecule has 0 N–H and O–H groups in total. The van der Waals surface area contributed by atoms with Crippen molar-refractivity contribution in [3.63, 3.8) is 0 Å². The summed E-state index contributed by atoms with van der Waals surface area (Å²) >= 11 is 0. The highest BCUT2D eigenvalue weighted by atomic mass is 28.2. The van der Waals surface area contributed by atoms with Crippen LogP contribution in [0.15, 0.2) is 25.3 Å². The monoisotopic (exact) mass is 111 g/mol. The minimum absolute atomic E-state index is 0.586. The lowest BCUT2D eigenvalue weighted by atomic mass is 10.7. The minimum Gasteiger partial charge on any atom is -0.103 e. The Balaban J connectivity index is 2.68. The van der Waals surface area contributed by atoms with Gasteiger partial charge in [0.25, 0.3) is 0 Å². The third-order valence-corrected chi connectivity index (χ3v) is 2.00. The van der Waals surface area contributed by atoms with E-state index in [0.29, 0.717) is 9.52 Å². The first-order valence-corrected chi connectivity index (χ1v) is 4.08. The highest BCUT2D eigenvalue weighted by molar-refractivity contribution is 6.36. The van der Waals surface area contributed by atoms with Crippen LogP contribution in [0.2, 0.25) is 12.1 Å². The lowest BCUT2D eigenvalue weighted by Crippen LogP contribution is -1.79. The number of hydrogen-bond donors (Lipinski definition) is 0. The smallest absolute Gasteiger partial charge is 0.0363 e. The molecular weight excluding hydrogens is 100 g/mol. The first kappa shape index (κ1) is 6.70. The molecule has 0 unspecified atom stereocenters. The topological polar surface area (TPSA) is 0 Å². The van der Waals surface area contributed by atoms with Crippen molar-refractivity contribution < 1.29 is 0 Å². The fourth-order valence-electron chi connectivity index (χ4n) is 0.332. The van der Waals surface area contributed by atoms with Gasteiger partial charge < -0.3 is 0 Å². The molecule has 0 heterocycles. The van der Waals surface area contributed by atoms with E-state index >= 15 is 0 Å². The molecule has 0 aliphatic carbocycles. The van der Waals surface area contributed by atoms with E-state index in [1.54, 1.807) is 0 Å². The van der Waals surface area contributed by atoms with Crippen molar-refractivity contribution in [3.05, 3.63) is 25.3 Å². The Hall–Kier alpha value is -0.303. The first-order chi connectivity index (χ1) is 3.41. The third-order valence-electron chi connectivity index (χ3n) is 0.667. The summed E-state index contributed by atoms with van der Waals surface area (Å²) in [7, 11) is 0.586. The maximum absolute atomic E-state index is 3.62. The SMILES string of the molecule is C=CC[SiH]CC=C. The molecule has 0 aromatic heterocycles. The van der Waals surface area contributed by atoms with Crippen molar-refractivity contribution in [2.24, 2.45) is 0 Å². The average molecular weight is 111 g/mol. The molecule has 0 aromatic carbocycles. The second-order valence-corrected chi connectivity index (χ2v) is 2.86. The average Bonchev–Trinajstić information content (AvgIpc) is 1.69. The van der Waals surface area contributed by atoms with Gasteiger partial charge >= 0.3 is 0 Å². The standard InChI is InChI=1S/C6H11Si/c1-3-5-7-6-4-2/h3-4,7H,1-2,5-6H2. The highest BCUT2D eigenvalue weighted by Crippen LogP contribution is 1.84. The van der Waals surface area contributed by atoms with Crippen LogP contribution in [0.5, 0.6) is 0 Å². The van der Waals surface area contributed by atoms with Crippen LogP contribution < -0.4 is 0 Å². The maximum Gasteiger partial charge on any atom is 0.0363 e. The van der Waals surface area contributed by atoms with E-state index in [4.69, 9.17) is 0 Å². The molecule has 0 nitrogen and oxygen atoms in total. The van der Waals surface area contributed by atoms with Gasteiger partial charge in [-0.1, -0.05) is 12.2 Å². The Bertz CT molecular complexity index is 49.2. The molecule has 39 valence electrons. The molecule has 1 radical (unpaired) electrons. The molecule has 0 spiro atoms. The molecule has 0 aliphatic heterocycles. The van der Waals surface area contributed by atoms with E-state index in [0.717, 1.165) is 0 Å². The second-order valence-electron chi connectivity index (χ2n) is 1.34. The van der Waals surface area contributed by atoms with E-state index in [2.05, 4.69) is 13.2 Å². The van der Waals surface area contributed by atoms with Crippen molar-refractivity contribution in [3.8, 4) is 0 Å². The molecular formula is C6H11Si. The summed E-state index contributed by atoms with van der Waals surface area (Å²) in [6.45, 7) is 7.24. The molecule has 0 saturated heterocycles. The van der Waals surface area contributed by atoms with Crippen LogP contribution in [0.25, 0.3) is 0 Å². The van der Waals surface area contributed by atoms with E-state index in [1.807, 2.05) is 12.2 Å². The van der Waals surface area contributed by atoms with Crippen molar-refractivity contribution in [2.45, 2.75) is 12.1 Å². The summed E-state index contributed by atoms with van der Waals surface area (Å²) in [4.78, 5) is 0. The normalized spacial score (nSPS) is 8.00. The molecule has 0 fully saturated rings. The molecule has 0 saturated carbocycles. The lowest BCUT2D eigenvalue weighted by molar-refractivity contribution is 1.60. The fourth-order valence-corrected chi connectivity index (χ4v) is 0.996. The maximum atomic E-state index is 3.62. The Kier molecular flexibility index (Phi) is 5.45. The van der Waals surface area contributed by atoms with Gasteiger partial charge in [-0.25, -0.2) is 0 Å². The Morgan fingerprint density at radius 3 is 1.86 bits per heavy atom. The molecule has 1 heteroatoms. The minimum atomic E-state index is 0.586. The van der Waals surface area contributed by atoms with Gasteiger partial charge in [0.15, 0.2) is 0 Å².